The lowest BCUT2D eigenvalue weighted by molar-refractivity contribution is 0.245. The highest BCUT2D eigenvalue weighted by Gasteiger charge is 1.97. The standard InChI is InChI=1S/C12H16O2/c1-9-8-12(14-3)7-6-11(9)5-4-10(2)13/h4-8,10,13H,1-3H3/t10-/m0/s1. The Morgan fingerprint density at radius 1 is 1.43 bits per heavy atom. The fourth-order valence-electron chi connectivity index (χ4n) is 1.21. The molecule has 0 bridgehead atoms. The van der Waals surface area contributed by atoms with Crippen LogP contribution >= 0.6 is 0 Å². The summed E-state index contributed by atoms with van der Waals surface area (Å²) in [7, 11) is 1.65. The van der Waals surface area contributed by atoms with Gasteiger partial charge >= 0.3 is 0 Å². The van der Waals surface area contributed by atoms with E-state index in [2.05, 4.69) is 0 Å². The first-order chi connectivity index (χ1) is 6.63. The molecule has 0 saturated carbocycles. The maximum Gasteiger partial charge on any atom is 0.119 e. The zero-order valence-electron chi connectivity index (χ0n) is 8.82. The summed E-state index contributed by atoms with van der Waals surface area (Å²) >= 11 is 0. The molecule has 0 amide bonds. The molecule has 0 radical (unpaired) electrons. The number of aryl methyl sites for hydroxylation is 1. The number of benzene rings is 1. The molecule has 0 aliphatic carbocycles. The van der Waals surface area contributed by atoms with Gasteiger partial charge in [-0.2, -0.15) is 0 Å². The molecule has 1 N–H and O–H groups in total. The molecule has 0 aliphatic heterocycles. The van der Waals surface area contributed by atoms with Crippen LogP contribution in [0, 0.1) is 6.92 Å². The zero-order chi connectivity index (χ0) is 10.6. The molecule has 1 aromatic carbocycles. The average Bonchev–Trinajstić information content (AvgIpc) is 2.15. The van der Waals surface area contributed by atoms with Crippen LogP contribution in [0.3, 0.4) is 0 Å². The molecular formula is C12H16O2. The monoisotopic (exact) mass is 192 g/mol. The summed E-state index contributed by atoms with van der Waals surface area (Å²) in [4.78, 5) is 0. The maximum absolute atomic E-state index is 9.09. The minimum absolute atomic E-state index is 0.406. The van der Waals surface area contributed by atoms with Crippen molar-refractivity contribution in [3.63, 3.8) is 0 Å². The van der Waals surface area contributed by atoms with Gasteiger partial charge < -0.3 is 9.84 Å². The Morgan fingerprint density at radius 3 is 2.64 bits per heavy atom. The van der Waals surface area contributed by atoms with Crippen LogP contribution in [-0.4, -0.2) is 18.3 Å². The molecule has 0 unspecified atom stereocenters. The molecule has 76 valence electrons. The van der Waals surface area contributed by atoms with E-state index in [1.165, 1.54) is 0 Å². The number of rotatable bonds is 3. The Kier molecular flexibility index (Phi) is 3.72. The largest absolute Gasteiger partial charge is 0.497 e. The third-order valence-electron chi connectivity index (χ3n) is 2.03. The van der Waals surface area contributed by atoms with Gasteiger partial charge in [0.2, 0.25) is 0 Å². The van der Waals surface area contributed by atoms with Crippen molar-refractivity contribution in [3.05, 3.63) is 35.4 Å². The van der Waals surface area contributed by atoms with Crippen molar-refractivity contribution in [2.75, 3.05) is 7.11 Å². The highest BCUT2D eigenvalue weighted by molar-refractivity contribution is 5.55. The number of hydrogen-bond donors (Lipinski definition) is 1. The summed E-state index contributed by atoms with van der Waals surface area (Å²) in [5.74, 6) is 0.858. The summed E-state index contributed by atoms with van der Waals surface area (Å²) in [6, 6.07) is 5.86. The van der Waals surface area contributed by atoms with E-state index in [1.54, 1.807) is 20.1 Å². The van der Waals surface area contributed by atoms with Crippen molar-refractivity contribution >= 4 is 6.08 Å². The second-order valence-corrected chi connectivity index (χ2v) is 3.32. The summed E-state index contributed by atoms with van der Waals surface area (Å²) < 4.78 is 5.10. The van der Waals surface area contributed by atoms with Gasteiger partial charge in [0.1, 0.15) is 5.75 Å². The van der Waals surface area contributed by atoms with Gasteiger partial charge in [0.25, 0.3) is 0 Å². The summed E-state index contributed by atoms with van der Waals surface area (Å²) in [5.41, 5.74) is 2.24. The Balaban J connectivity index is 2.89. The van der Waals surface area contributed by atoms with E-state index in [0.717, 1.165) is 16.9 Å². The summed E-state index contributed by atoms with van der Waals surface area (Å²) in [5, 5.41) is 9.09. The lowest BCUT2D eigenvalue weighted by Crippen LogP contribution is -1.92. The van der Waals surface area contributed by atoms with E-state index in [-0.39, 0.29) is 0 Å². The van der Waals surface area contributed by atoms with Gasteiger partial charge in [0.15, 0.2) is 0 Å². The quantitative estimate of drug-likeness (QED) is 0.796. The number of ether oxygens (including phenoxy) is 1. The van der Waals surface area contributed by atoms with Gasteiger partial charge in [-0.05, 0) is 37.1 Å². The van der Waals surface area contributed by atoms with Crippen LogP contribution in [0.25, 0.3) is 6.08 Å². The minimum Gasteiger partial charge on any atom is -0.497 e. The third kappa shape index (κ3) is 2.89. The maximum atomic E-state index is 9.09. The topological polar surface area (TPSA) is 29.5 Å². The van der Waals surface area contributed by atoms with Gasteiger partial charge in [-0.1, -0.05) is 18.2 Å². The molecule has 14 heavy (non-hydrogen) atoms. The average molecular weight is 192 g/mol. The van der Waals surface area contributed by atoms with Crippen LogP contribution in [0.5, 0.6) is 5.75 Å². The highest BCUT2D eigenvalue weighted by Crippen LogP contribution is 2.17. The van der Waals surface area contributed by atoms with E-state index >= 15 is 0 Å². The van der Waals surface area contributed by atoms with E-state index in [4.69, 9.17) is 9.84 Å². The van der Waals surface area contributed by atoms with Crippen LogP contribution in [0.15, 0.2) is 24.3 Å². The first-order valence-corrected chi connectivity index (χ1v) is 4.64. The van der Waals surface area contributed by atoms with Crippen molar-refractivity contribution in [1.29, 1.82) is 0 Å². The predicted octanol–water partition coefficient (Wildman–Crippen LogP) is 2.40. The van der Waals surface area contributed by atoms with E-state index in [1.807, 2.05) is 31.2 Å². The molecule has 1 atom stereocenters. The number of methoxy groups -OCH3 is 1. The van der Waals surface area contributed by atoms with Gasteiger partial charge in [0.05, 0.1) is 13.2 Å². The summed E-state index contributed by atoms with van der Waals surface area (Å²) in [6.45, 7) is 3.75. The molecule has 0 aliphatic rings. The van der Waals surface area contributed by atoms with Gasteiger partial charge in [-0.3, -0.25) is 0 Å². The SMILES string of the molecule is COc1ccc(C=C[C@H](C)O)c(C)c1. The Hall–Kier alpha value is -1.28. The zero-order valence-corrected chi connectivity index (χ0v) is 8.82. The van der Waals surface area contributed by atoms with Gasteiger partial charge in [-0.15, -0.1) is 0 Å². The van der Waals surface area contributed by atoms with Crippen LogP contribution < -0.4 is 4.74 Å². The molecular weight excluding hydrogens is 176 g/mol. The van der Waals surface area contributed by atoms with E-state index in [0.29, 0.717) is 0 Å². The van der Waals surface area contributed by atoms with Crippen molar-refractivity contribution in [1.82, 2.24) is 0 Å². The fourth-order valence-corrected chi connectivity index (χ4v) is 1.21. The van der Waals surface area contributed by atoms with E-state index < -0.39 is 6.10 Å². The van der Waals surface area contributed by atoms with Crippen molar-refractivity contribution in [2.24, 2.45) is 0 Å². The van der Waals surface area contributed by atoms with Crippen LogP contribution in [0.2, 0.25) is 0 Å². The number of hydrogen-bond acceptors (Lipinski definition) is 2. The Bertz CT molecular complexity index is 327. The molecule has 2 nitrogen and oxygen atoms in total. The molecule has 0 spiro atoms. The number of aliphatic hydroxyl groups excluding tert-OH is 1. The molecule has 0 aromatic heterocycles. The first-order valence-electron chi connectivity index (χ1n) is 4.64. The lowest BCUT2D eigenvalue weighted by Gasteiger charge is -2.04. The van der Waals surface area contributed by atoms with Crippen LogP contribution in [0.1, 0.15) is 18.1 Å². The fraction of sp³-hybridized carbons (Fsp3) is 0.333. The first kappa shape index (κ1) is 10.8. The third-order valence-corrected chi connectivity index (χ3v) is 2.03. The highest BCUT2D eigenvalue weighted by atomic mass is 16.5. The van der Waals surface area contributed by atoms with Crippen molar-refractivity contribution in [2.45, 2.75) is 20.0 Å². The van der Waals surface area contributed by atoms with Crippen LogP contribution in [-0.2, 0) is 0 Å². The smallest absolute Gasteiger partial charge is 0.119 e. The Labute approximate surface area is 84.8 Å². The second kappa shape index (κ2) is 4.82. The molecule has 1 aromatic rings. The molecule has 1 rings (SSSR count). The lowest BCUT2D eigenvalue weighted by atomic mass is 10.1. The van der Waals surface area contributed by atoms with Gasteiger partial charge in [-0.25, -0.2) is 0 Å². The molecule has 0 saturated heterocycles. The normalized spacial score (nSPS) is 13.1. The minimum atomic E-state index is -0.406. The van der Waals surface area contributed by atoms with Crippen molar-refractivity contribution in [3.8, 4) is 5.75 Å². The number of aliphatic hydroxyl groups is 1. The molecule has 0 heterocycles. The van der Waals surface area contributed by atoms with Crippen LogP contribution in [0.4, 0.5) is 0 Å². The van der Waals surface area contributed by atoms with E-state index in [9.17, 15) is 0 Å². The second-order valence-electron chi connectivity index (χ2n) is 3.32. The Morgan fingerprint density at radius 2 is 2.14 bits per heavy atom. The summed E-state index contributed by atoms with van der Waals surface area (Å²) in [6.07, 6.45) is 3.27. The molecule has 2 heteroatoms. The van der Waals surface area contributed by atoms with Crippen molar-refractivity contribution < 1.29 is 9.84 Å². The predicted molar refractivity (Wildman–Crippen MR) is 58.4 cm³/mol. The molecule has 0 fully saturated rings. The van der Waals surface area contributed by atoms with Gasteiger partial charge in [0, 0.05) is 0 Å².